The second-order valence-corrected chi connectivity index (χ2v) is 3.39. The molecule has 0 saturated carbocycles. The van der Waals surface area contributed by atoms with Crippen LogP contribution in [0.3, 0.4) is 0 Å². The average molecular weight is 219 g/mol. The maximum absolute atomic E-state index is 9.47. The maximum Gasteiger partial charge on any atom is 0.174 e. The zero-order chi connectivity index (χ0) is 11.4. The summed E-state index contributed by atoms with van der Waals surface area (Å²) in [5.41, 5.74) is 0.899. The first-order valence-corrected chi connectivity index (χ1v) is 5.15. The van der Waals surface area contributed by atoms with Crippen LogP contribution in [-0.2, 0) is 13.0 Å². The van der Waals surface area contributed by atoms with Crippen molar-refractivity contribution >= 4 is 0 Å². The minimum atomic E-state index is 0.123. The molecule has 0 aliphatic carbocycles. The largest absolute Gasteiger partial charge is 0.504 e. The molecule has 0 aliphatic heterocycles. The Morgan fingerprint density at radius 3 is 2.88 bits per heavy atom. The monoisotopic (exact) mass is 219 g/mol. The summed E-state index contributed by atoms with van der Waals surface area (Å²) < 4.78 is 10.5. The third kappa shape index (κ3) is 2.34. The van der Waals surface area contributed by atoms with Crippen molar-refractivity contribution in [3.8, 4) is 11.5 Å². The SMILES string of the molecule is CCc1cc(COc2ccccc2O)on1. The van der Waals surface area contributed by atoms with E-state index in [4.69, 9.17) is 9.26 Å². The van der Waals surface area contributed by atoms with Gasteiger partial charge in [0.05, 0.1) is 5.69 Å². The Hall–Kier alpha value is -1.97. The van der Waals surface area contributed by atoms with Gasteiger partial charge in [-0.2, -0.15) is 0 Å². The summed E-state index contributed by atoms with van der Waals surface area (Å²) in [5.74, 6) is 1.22. The van der Waals surface area contributed by atoms with Gasteiger partial charge in [-0.05, 0) is 18.6 Å². The first-order valence-electron chi connectivity index (χ1n) is 5.15. The number of benzene rings is 1. The lowest BCUT2D eigenvalue weighted by Gasteiger charge is -2.04. The van der Waals surface area contributed by atoms with E-state index in [1.54, 1.807) is 24.3 Å². The molecule has 2 rings (SSSR count). The molecule has 0 atom stereocenters. The standard InChI is InChI=1S/C12H13NO3/c1-2-9-7-10(16-13-9)8-15-12-6-4-3-5-11(12)14/h3-7,14H,2,8H2,1H3. The number of ether oxygens (including phenoxy) is 1. The molecular weight excluding hydrogens is 206 g/mol. The third-order valence-electron chi connectivity index (χ3n) is 2.21. The molecule has 0 bridgehead atoms. The lowest BCUT2D eigenvalue weighted by molar-refractivity contribution is 0.240. The Balaban J connectivity index is 1.99. The average Bonchev–Trinajstić information content (AvgIpc) is 2.76. The van der Waals surface area contributed by atoms with Gasteiger partial charge in [-0.25, -0.2) is 0 Å². The van der Waals surface area contributed by atoms with Crippen molar-refractivity contribution in [3.05, 3.63) is 41.8 Å². The molecule has 0 spiro atoms. The van der Waals surface area contributed by atoms with Gasteiger partial charge in [0.25, 0.3) is 0 Å². The van der Waals surface area contributed by atoms with E-state index in [9.17, 15) is 5.11 Å². The number of phenolic OH excluding ortho intramolecular Hbond substituents is 1. The van der Waals surface area contributed by atoms with Crippen molar-refractivity contribution < 1.29 is 14.4 Å². The number of hydrogen-bond acceptors (Lipinski definition) is 4. The van der Waals surface area contributed by atoms with E-state index in [0.29, 0.717) is 11.5 Å². The van der Waals surface area contributed by atoms with Crippen LogP contribution in [0.4, 0.5) is 0 Å². The fourth-order valence-corrected chi connectivity index (χ4v) is 1.32. The fourth-order valence-electron chi connectivity index (χ4n) is 1.32. The zero-order valence-electron chi connectivity index (χ0n) is 9.01. The van der Waals surface area contributed by atoms with Gasteiger partial charge in [0, 0.05) is 6.07 Å². The minimum absolute atomic E-state index is 0.123. The first-order chi connectivity index (χ1) is 7.79. The summed E-state index contributed by atoms with van der Waals surface area (Å²) >= 11 is 0. The number of para-hydroxylation sites is 2. The molecular formula is C12H13NO3. The van der Waals surface area contributed by atoms with Crippen LogP contribution in [0.2, 0.25) is 0 Å². The van der Waals surface area contributed by atoms with Gasteiger partial charge in [0.15, 0.2) is 17.3 Å². The van der Waals surface area contributed by atoms with Gasteiger partial charge in [-0.3, -0.25) is 0 Å². The molecule has 84 valence electrons. The molecule has 0 aliphatic rings. The molecule has 0 saturated heterocycles. The van der Waals surface area contributed by atoms with E-state index in [1.165, 1.54) is 0 Å². The van der Waals surface area contributed by atoms with Crippen molar-refractivity contribution in [1.82, 2.24) is 5.16 Å². The van der Waals surface area contributed by atoms with E-state index in [-0.39, 0.29) is 12.4 Å². The van der Waals surface area contributed by atoms with Gasteiger partial charge in [-0.1, -0.05) is 24.2 Å². The van der Waals surface area contributed by atoms with Crippen LogP contribution >= 0.6 is 0 Å². The predicted molar refractivity (Wildman–Crippen MR) is 58.3 cm³/mol. The summed E-state index contributed by atoms with van der Waals surface area (Å²) in [4.78, 5) is 0. The van der Waals surface area contributed by atoms with Crippen molar-refractivity contribution in [2.24, 2.45) is 0 Å². The van der Waals surface area contributed by atoms with Gasteiger partial charge in [-0.15, -0.1) is 0 Å². The first kappa shape index (κ1) is 10.5. The number of aromatic hydroxyl groups is 1. The van der Waals surface area contributed by atoms with E-state index in [1.807, 2.05) is 13.0 Å². The van der Waals surface area contributed by atoms with E-state index in [0.717, 1.165) is 12.1 Å². The minimum Gasteiger partial charge on any atom is -0.504 e. The third-order valence-corrected chi connectivity index (χ3v) is 2.21. The van der Waals surface area contributed by atoms with Crippen LogP contribution < -0.4 is 4.74 Å². The van der Waals surface area contributed by atoms with E-state index >= 15 is 0 Å². The molecule has 4 heteroatoms. The van der Waals surface area contributed by atoms with E-state index < -0.39 is 0 Å². The van der Waals surface area contributed by atoms with Crippen LogP contribution in [-0.4, -0.2) is 10.3 Å². The second-order valence-electron chi connectivity index (χ2n) is 3.39. The molecule has 0 fully saturated rings. The summed E-state index contributed by atoms with van der Waals surface area (Å²) in [6.45, 7) is 2.27. The summed E-state index contributed by atoms with van der Waals surface area (Å²) in [6, 6.07) is 8.67. The van der Waals surface area contributed by atoms with Crippen molar-refractivity contribution in [1.29, 1.82) is 0 Å². The lowest BCUT2D eigenvalue weighted by atomic mass is 10.3. The zero-order valence-corrected chi connectivity index (χ0v) is 9.01. The predicted octanol–water partition coefficient (Wildman–Crippen LogP) is 2.52. The number of hydrogen-bond donors (Lipinski definition) is 1. The molecule has 2 aromatic rings. The highest BCUT2D eigenvalue weighted by molar-refractivity contribution is 5.37. The van der Waals surface area contributed by atoms with Gasteiger partial charge in [0.2, 0.25) is 0 Å². The smallest absolute Gasteiger partial charge is 0.174 e. The Morgan fingerprint density at radius 2 is 2.19 bits per heavy atom. The highest BCUT2D eigenvalue weighted by Gasteiger charge is 2.05. The Kier molecular flexibility index (Phi) is 3.10. The van der Waals surface area contributed by atoms with Gasteiger partial charge < -0.3 is 14.4 Å². The molecule has 1 N–H and O–H groups in total. The Morgan fingerprint density at radius 1 is 1.38 bits per heavy atom. The topological polar surface area (TPSA) is 55.5 Å². The number of aryl methyl sites for hydroxylation is 1. The van der Waals surface area contributed by atoms with E-state index in [2.05, 4.69) is 5.16 Å². The fraction of sp³-hybridized carbons (Fsp3) is 0.250. The van der Waals surface area contributed by atoms with Crippen molar-refractivity contribution in [3.63, 3.8) is 0 Å². The number of aromatic nitrogens is 1. The molecule has 1 heterocycles. The molecule has 0 unspecified atom stereocenters. The quantitative estimate of drug-likeness (QED) is 0.858. The normalized spacial score (nSPS) is 10.3. The van der Waals surface area contributed by atoms with Crippen LogP contribution in [0.5, 0.6) is 11.5 Å². The Bertz CT molecular complexity index is 465. The molecule has 1 aromatic carbocycles. The van der Waals surface area contributed by atoms with Gasteiger partial charge in [0.1, 0.15) is 6.61 Å². The van der Waals surface area contributed by atoms with Crippen molar-refractivity contribution in [2.75, 3.05) is 0 Å². The highest BCUT2D eigenvalue weighted by atomic mass is 16.5. The highest BCUT2D eigenvalue weighted by Crippen LogP contribution is 2.25. The molecule has 4 nitrogen and oxygen atoms in total. The summed E-state index contributed by atoms with van der Waals surface area (Å²) in [6.07, 6.45) is 0.833. The summed E-state index contributed by atoms with van der Waals surface area (Å²) in [5, 5.41) is 13.3. The Labute approximate surface area is 93.5 Å². The lowest BCUT2D eigenvalue weighted by Crippen LogP contribution is -1.93. The number of rotatable bonds is 4. The maximum atomic E-state index is 9.47. The van der Waals surface area contributed by atoms with Crippen molar-refractivity contribution in [2.45, 2.75) is 20.0 Å². The van der Waals surface area contributed by atoms with Crippen LogP contribution in [0.15, 0.2) is 34.9 Å². The summed E-state index contributed by atoms with van der Waals surface area (Å²) in [7, 11) is 0. The second kappa shape index (κ2) is 4.70. The molecule has 1 aromatic heterocycles. The number of phenols is 1. The van der Waals surface area contributed by atoms with Crippen LogP contribution in [0.25, 0.3) is 0 Å². The van der Waals surface area contributed by atoms with Crippen LogP contribution in [0, 0.1) is 0 Å². The number of nitrogens with zero attached hydrogens (tertiary/aromatic N) is 1. The van der Waals surface area contributed by atoms with Gasteiger partial charge >= 0.3 is 0 Å². The molecule has 0 amide bonds. The van der Waals surface area contributed by atoms with Crippen LogP contribution in [0.1, 0.15) is 18.4 Å². The molecule has 0 radical (unpaired) electrons. The molecule has 16 heavy (non-hydrogen) atoms.